The quantitative estimate of drug-likeness (QED) is 0.346. The summed E-state index contributed by atoms with van der Waals surface area (Å²) in [5.41, 5.74) is 5.20. The molecule has 0 fully saturated rings. The van der Waals surface area contributed by atoms with E-state index in [-0.39, 0.29) is 16.2 Å². The first-order valence-electron chi connectivity index (χ1n) is 11.7. The Balaban J connectivity index is 1.28. The van der Waals surface area contributed by atoms with Crippen LogP contribution in [-0.2, 0) is 21.9 Å². The Morgan fingerprint density at radius 3 is 2.36 bits per heavy atom. The van der Waals surface area contributed by atoms with Crippen molar-refractivity contribution in [1.82, 2.24) is 4.98 Å². The Morgan fingerprint density at radius 2 is 1.67 bits per heavy atom. The number of para-hydroxylation sites is 1. The first kappa shape index (κ1) is 24.2. The average Bonchev–Trinajstić information content (AvgIpc) is 3.51. The van der Waals surface area contributed by atoms with Gasteiger partial charge in [0.1, 0.15) is 0 Å². The molecule has 1 aromatic heterocycles. The van der Waals surface area contributed by atoms with Crippen LogP contribution >= 0.6 is 11.3 Å². The van der Waals surface area contributed by atoms with E-state index >= 15 is 0 Å². The summed E-state index contributed by atoms with van der Waals surface area (Å²) < 4.78 is 27.8. The number of hydrogen-bond acceptors (Lipinski definition) is 5. The second-order valence-corrected chi connectivity index (χ2v) is 12.5. The summed E-state index contributed by atoms with van der Waals surface area (Å²) in [5.74, 6) is -0.338. The lowest BCUT2D eigenvalue weighted by Crippen LogP contribution is -2.29. The lowest BCUT2D eigenvalue weighted by atomic mass is 9.86. The molecular weight excluding hydrogens is 490 g/mol. The molecule has 1 aliphatic heterocycles. The van der Waals surface area contributed by atoms with Crippen LogP contribution < -0.4 is 9.62 Å². The molecule has 6 nitrogen and oxygen atoms in total. The fourth-order valence-electron chi connectivity index (χ4n) is 4.24. The van der Waals surface area contributed by atoms with E-state index in [1.807, 2.05) is 41.8 Å². The van der Waals surface area contributed by atoms with E-state index in [0.717, 1.165) is 16.8 Å². The fraction of sp³-hybridized carbons (Fsp3) is 0.214. The molecule has 0 unspecified atom stereocenters. The standard InChI is InChI=1S/C28H27N3O3S2/c1-28(2,3)22-12-8-19(9-13-22)24-18-35-27(29-24)30-26(32)21-10-14-23(15-11-21)36(33,34)31-17-16-20-6-4-5-7-25(20)31/h4-15,18H,16-17H2,1-3H3,(H,29,30,32). The molecule has 0 radical (unpaired) electrons. The molecule has 8 heteroatoms. The molecule has 2 heterocycles. The number of sulfonamides is 1. The second-order valence-electron chi connectivity index (χ2n) is 9.80. The number of amides is 1. The van der Waals surface area contributed by atoms with Crippen molar-refractivity contribution in [2.45, 2.75) is 37.5 Å². The zero-order valence-corrected chi connectivity index (χ0v) is 22.0. The van der Waals surface area contributed by atoms with Gasteiger partial charge in [-0.3, -0.25) is 14.4 Å². The van der Waals surface area contributed by atoms with Gasteiger partial charge in [0.05, 0.1) is 16.3 Å². The SMILES string of the molecule is CC(C)(C)c1ccc(-c2csc(NC(=O)c3ccc(S(=O)(=O)N4CCc5ccccc54)cc3)n2)cc1. The van der Waals surface area contributed by atoms with Crippen molar-refractivity contribution in [2.24, 2.45) is 0 Å². The van der Waals surface area contributed by atoms with E-state index in [0.29, 0.717) is 29.3 Å². The Morgan fingerprint density at radius 1 is 0.972 bits per heavy atom. The Kier molecular flexibility index (Phi) is 6.18. The summed E-state index contributed by atoms with van der Waals surface area (Å²) >= 11 is 1.35. The van der Waals surface area contributed by atoms with Crippen LogP contribution in [0.15, 0.2) is 83.1 Å². The number of anilines is 2. The summed E-state index contributed by atoms with van der Waals surface area (Å²) in [4.78, 5) is 17.5. The van der Waals surface area contributed by atoms with Gasteiger partial charge in [-0.25, -0.2) is 13.4 Å². The average molecular weight is 518 g/mol. The van der Waals surface area contributed by atoms with Gasteiger partial charge < -0.3 is 0 Å². The summed E-state index contributed by atoms with van der Waals surface area (Å²) in [6.45, 7) is 6.93. The van der Waals surface area contributed by atoms with Crippen LogP contribution in [0.1, 0.15) is 42.3 Å². The third-order valence-corrected chi connectivity index (χ3v) is 8.91. The number of aromatic nitrogens is 1. The monoisotopic (exact) mass is 517 g/mol. The largest absolute Gasteiger partial charge is 0.298 e. The van der Waals surface area contributed by atoms with Gasteiger partial charge in [-0.05, 0) is 53.3 Å². The highest BCUT2D eigenvalue weighted by Gasteiger charge is 2.30. The maximum atomic E-state index is 13.2. The third-order valence-electron chi connectivity index (χ3n) is 6.32. The summed E-state index contributed by atoms with van der Waals surface area (Å²) in [7, 11) is -3.70. The van der Waals surface area contributed by atoms with Gasteiger partial charge in [0, 0.05) is 23.1 Å². The topological polar surface area (TPSA) is 79.4 Å². The number of nitrogens with one attached hydrogen (secondary N) is 1. The maximum Gasteiger partial charge on any atom is 0.264 e. The van der Waals surface area contributed by atoms with E-state index in [1.54, 1.807) is 0 Å². The first-order valence-corrected chi connectivity index (χ1v) is 14.0. The molecule has 0 bridgehead atoms. The molecule has 0 saturated carbocycles. The van der Waals surface area contributed by atoms with Crippen molar-refractivity contribution in [2.75, 3.05) is 16.2 Å². The zero-order valence-electron chi connectivity index (χ0n) is 20.4. The van der Waals surface area contributed by atoms with Gasteiger partial charge in [-0.1, -0.05) is 63.2 Å². The molecule has 0 saturated heterocycles. The number of rotatable bonds is 5. The minimum Gasteiger partial charge on any atom is -0.298 e. The third kappa shape index (κ3) is 4.66. The van der Waals surface area contributed by atoms with Crippen molar-refractivity contribution >= 4 is 38.1 Å². The van der Waals surface area contributed by atoms with Gasteiger partial charge in [-0.15, -0.1) is 11.3 Å². The van der Waals surface area contributed by atoms with Crippen molar-refractivity contribution in [3.05, 3.63) is 94.9 Å². The maximum absolute atomic E-state index is 13.2. The molecule has 184 valence electrons. The van der Waals surface area contributed by atoms with Crippen LogP contribution in [0.2, 0.25) is 0 Å². The highest BCUT2D eigenvalue weighted by Crippen LogP contribution is 2.33. The summed E-state index contributed by atoms with van der Waals surface area (Å²) in [5, 5.41) is 5.21. The highest BCUT2D eigenvalue weighted by atomic mass is 32.2. The number of thiazole rings is 1. The number of benzene rings is 3. The van der Waals surface area contributed by atoms with Gasteiger partial charge in [-0.2, -0.15) is 0 Å². The van der Waals surface area contributed by atoms with E-state index in [4.69, 9.17) is 0 Å². The molecule has 0 spiro atoms. The van der Waals surface area contributed by atoms with Crippen LogP contribution in [0.4, 0.5) is 10.8 Å². The van der Waals surface area contributed by atoms with Crippen molar-refractivity contribution < 1.29 is 13.2 Å². The molecule has 36 heavy (non-hydrogen) atoms. The highest BCUT2D eigenvalue weighted by molar-refractivity contribution is 7.92. The Labute approximate surface area is 215 Å². The Hall–Kier alpha value is -3.49. The van der Waals surface area contributed by atoms with Gasteiger partial charge in [0.15, 0.2) is 5.13 Å². The molecule has 3 aromatic carbocycles. The van der Waals surface area contributed by atoms with Gasteiger partial charge >= 0.3 is 0 Å². The van der Waals surface area contributed by atoms with Gasteiger partial charge in [0.25, 0.3) is 15.9 Å². The molecule has 1 N–H and O–H groups in total. The molecule has 4 aromatic rings. The van der Waals surface area contributed by atoms with E-state index in [2.05, 4.69) is 43.2 Å². The van der Waals surface area contributed by atoms with E-state index < -0.39 is 10.0 Å². The number of nitrogens with zero attached hydrogens (tertiary/aromatic N) is 2. The van der Waals surface area contributed by atoms with E-state index in [9.17, 15) is 13.2 Å². The molecule has 0 atom stereocenters. The molecule has 5 rings (SSSR count). The lowest BCUT2D eigenvalue weighted by molar-refractivity contribution is 0.102. The van der Waals surface area contributed by atoms with Crippen LogP contribution in [0.3, 0.4) is 0 Å². The minimum absolute atomic E-state index is 0.0770. The molecule has 1 aliphatic rings. The molecule has 0 aliphatic carbocycles. The van der Waals surface area contributed by atoms with Gasteiger partial charge in [0.2, 0.25) is 0 Å². The first-order chi connectivity index (χ1) is 17.1. The lowest BCUT2D eigenvalue weighted by Gasteiger charge is -2.19. The van der Waals surface area contributed by atoms with Crippen LogP contribution in [0, 0.1) is 0 Å². The summed E-state index contributed by atoms with van der Waals surface area (Å²) in [6, 6.07) is 21.8. The van der Waals surface area contributed by atoms with Crippen molar-refractivity contribution in [1.29, 1.82) is 0 Å². The normalized spacial score (nSPS) is 13.5. The van der Waals surface area contributed by atoms with Crippen molar-refractivity contribution in [3.8, 4) is 11.3 Å². The zero-order chi connectivity index (χ0) is 25.5. The number of carbonyl (C=O) groups is 1. The predicted molar refractivity (Wildman–Crippen MR) is 145 cm³/mol. The number of carbonyl (C=O) groups excluding carboxylic acids is 1. The van der Waals surface area contributed by atoms with E-state index in [1.165, 1.54) is 45.5 Å². The van der Waals surface area contributed by atoms with Crippen LogP contribution in [0.5, 0.6) is 0 Å². The number of hydrogen-bond donors (Lipinski definition) is 1. The minimum atomic E-state index is -3.70. The predicted octanol–water partition coefficient (Wildman–Crippen LogP) is 6.11. The van der Waals surface area contributed by atoms with Crippen molar-refractivity contribution in [3.63, 3.8) is 0 Å². The Bertz CT molecular complexity index is 1520. The smallest absolute Gasteiger partial charge is 0.264 e. The second kappa shape index (κ2) is 9.19. The fourth-order valence-corrected chi connectivity index (χ4v) is 6.46. The number of fused-ring (bicyclic) bond motifs is 1. The van der Waals surface area contributed by atoms with Crippen LogP contribution in [0.25, 0.3) is 11.3 Å². The summed E-state index contributed by atoms with van der Waals surface area (Å²) in [6.07, 6.45) is 0.687. The van der Waals surface area contributed by atoms with Crippen LogP contribution in [-0.4, -0.2) is 25.9 Å². The molecule has 1 amide bonds. The molecular formula is C28H27N3O3S2.